The molecular weight excluding hydrogens is 470 g/mol. The van der Waals surface area contributed by atoms with Crippen molar-refractivity contribution in [1.82, 2.24) is 14.8 Å². The van der Waals surface area contributed by atoms with Crippen molar-refractivity contribution in [1.29, 1.82) is 0 Å². The minimum Gasteiger partial charge on any atom is -0.486 e. The van der Waals surface area contributed by atoms with E-state index in [-0.39, 0.29) is 16.5 Å². The Bertz CT molecular complexity index is 1470. The summed E-state index contributed by atoms with van der Waals surface area (Å²) >= 11 is 0. The van der Waals surface area contributed by atoms with Crippen molar-refractivity contribution >= 4 is 27.3 Å². The second kappa shape index (κ2) is 9.47. The number of benzene rings is 3. The smallest absolute Gasteiger partial charge is 0.262 e. The van der Waals surface area contributed by atoms with Gasteiger partial charge in [-0.2, -0.15) is 5.10 Å². The molecule has 2 heterocycles. The summed E-state index contributed by atoms with van der Waals surface area (Å²) in [6.07, 6.45) is 3.07. The number of carbonyl (C=O) groups excluding carboxylic acids is 1. The molecule has 0 bridgehead atoms. The number of ether oxygens (including phenoxy) is 2. The van der Waals surface area contributed by atoms with Gasteiger partial charge in [-0.25, -0.2) is 18.1 Å². The van der Waals surface area contributed by atoms with Crippen LogP contribution in [-0.2, 0) is 16.6 Å². The fourth-order valence-corrected chi connectivity index (χ4v) is 4.65. The van der Waals surface area contributed by atoms with Gasteiger partial charge < -0.3 is 14.8 Å². The van der Waals surface area contributed by atoms with Crippen LogP contribution in [0.5, 0.6) is 11.5 Å². The van der Waals surface area contributed by atoms with E-state index in [2.05, 4.69) is 20.1 Å². The number of nitrogens with one attached hydrogen (secondary N) is 2. The van der Waals surface area contributed by atoms with E-state index in [1.54, 1.807) is 41.3 Å². The molecule has 178 valence electrons. The van der Waals surface area contributed by atoms with Gasteiger partial charge in [-0.15, -0.1) is 0 Å². The number of amides is 1. The summed E-state index contributed by atoms with van der Waals surface area (Å²) in [6.45, 7) is 1.28. The van der Waals surface area contributed by atoms with E-state index in [0.29, 0.717) is 42.5 Å². The van der Waals surface area contributed by atoms with Crippen molar-refractivity contribution in [2.45, 2.75) is 11.4 Å². The minimum atomic E-state index is -3.91. The molecule has 10 nitrogen and oxygen atoms in total. The predicted molar refractivity (Wildman–Crippen MR) is 128 cm³/mol. The Morgan fingerprint density at radius 2 is 1.74 bits per heavy atom. The summed E-state index contributed by atoms with van der Waals surface area (Å²) in [5, 5.41) is 6.92. The van der Waals surface area contributed by atoms with E-state index in [1.807, 2.05) is 18.2 Å². The highest BCUT2D eigenvalue weighted by molar-refractivity contribution is 7.92. The van der Waals surface area contributed by atoms with Gasteiger partial charge >= 0.3 is 0 Å². The van der Waals surface area contributed by atoms with Gasteiger partial charge in [0.05, 0.1) is 11.4 Å². The predicted octanol–water partition coefficient (Wildman–Crippen LogP) is 3.15. The maximum absolute atomic E-state index is 12.9. The molecule has 0 unspecified atom stereocenters. The van der Waals surface area contributed by atoms with E-state index >= 15 is 0 Å². The number of nitrogens with zero attached hydrogens (tertiary/aromatic N) is 3. The molecule has 0 saturated heterocycles. The first-order chi connectivity index (χ1) is 17.0. The number of anilines is 2. The highest BCUT2D eigenvalue weighted by Crippen LogP contribution is 2.32. The van der Waals surface area contributed by atoms with E-state index in [9.17, 15) is 13.2 Å². The molecule has 0 spiro atoms. The van der Waals surface area contributed by atoms with E-state index < -0.39 is 10.0 Å². The average molecular weight is 492 g/mol. The molecule has 2 N–H and O–H groups in total. The second-order valence-corrected chi connectivity index (χ2v) is 9.42. The third kappa shape index (κ3) is 5.25. The Kier molecular flexibility index (Phi) is 6.06. The van der Waals surface area contributed by atoms with E-state index in [4.69, 9.17) is 9.47 Å². The van der Waals surface area contributed by atoms with Gasteiger partial charge in [0.2, 0.25) is 0 Å². The Balaban J connectivity index is 1.29. The Morgan fingerprint density at radius 1 is 0.943 bits per heavy atom. The molecule has 11 heteroatoms. The Morgan fingerprint density at radius 3 is 2.57 bits per heavy atom. The summed E-state index contributed by atoms with van der Waals surface area (Å²) in [5.41, 5.74) is 2.10. The molecule has 1 aromatic heterocycles. The summed E-state index contributed by atoms with van der Waals surface area (Å²) in [7, 11) is -3.91. The van der Waals surface area contributed by atoms with Gasteiger partial charge in [0.15, 0.2) is 11.5 Å². The van der Waals surface area contributed by atoms with Crippen LogP contribution in [0.15, 0.2) is 84.3 Å². The third-order valence-electron chi connectivity index (χ3n) is 5.20. The lowest BCUT2D eigenvalue weighted by atomic mass is 10.1. The lowest BCUT2D eigenvalue weighted by Crippen LogP contribution is -2.18. The van der Waals surface area contributed by atoms with Crippen molar-refractivity contribution < 1.29 is 22.7 Å². The molecule has 5 rings (SSSR count). The fraction of sp³-hybridized carbons (Fsp3) is 0.125. The van der Waals surface area contributed by atoms with E-state index in [1.165, 1.54) is 24.5 Å². The van der Waals surface area contributed by atoms with Crippen LogP contribution < -0.4 is 19.5 Å². The molecular formula is C24H21N5O5S. The number of hydrogen-bond donors (Lipinski definition) is 2. The minimum absolute atomic E-state index is 0.0285. The lowest BCUT2D eigenvalue weighted by molar-refractivity contribution is 0.102. The van der Waals surface area contributed by atoms with Gasteiger partial charge in [0, 0.05) is 23.0 Å². The largest absolute Gasteiger partial charge is 0.486 e. The van der Waals surface area contributed by atoms with Gasteiger partial charge in [-0.1, -0.05) is 18.2 Å². The average Bonchev–Trinajstić information content (AvgIpc) is 3.37. The zero-order valence-electron chi connectivity index (χ0n) is 18.4. The highest BCUT2D eigenvalue weighted by atomic mass is 32.2. The molecule has 0 radical (unpaired) electrons. The number of carbonyl (C=O) groups is 1. The summed E-state index contributed by atoms with van der Waals surface area (Å²) in [4.78, 5) is 16.8. The highest BCUT2D eigenvalue weighted by Gasteiger charge is 2.20. The zero-order valence-corrected chi connectivity index (χ0v) is 19.2. The standard InChI is InChI=1S/C24H21N5O5S/c30-24(27-19-5-1-3-17(11-19)14-29-16-25-15-26-29)18-4-2-6-20(12-18)28-35(31,32)21-7-8-22-23(13-21)34-10-9-33-22/h1-8,11-13,15-16,28H,9-10,14H2,(H,27,30). The monoisotopic (exact) mass is 491 g/mol. The number of fused-ring (bicyclic) bond motifs is 1. The molecule has 3 aromatic carbocycles. The zero-order chi connectivity index (χ0) is 24.3. The van der Waals surface area contributed by atoms with Crippen LogP contribution in [0.3, 0.4) is 0 Å². The van der Waals surface area contributed by atoms with Crippen molar-refractivity contribution in [3.63, 3.8) is 0 Å². The normalized spacial score (nSPS) is 12.7. The number of aromatic nitrogens is 3. The summed E-state index contributed by atoms with van der Waals surface area (Å²) in [5.74, 6) is 0.501. The summed E-state index contributed by atoms with van der Waals surface area (Å²) < 4.78 is 40.9. The maximum Gasteiger partial charge on any atom is 0.262 e. The molecule has 1 aliphatic heterocycles. The van der Waals surface area contributed by atoms with Crippen LogP contribution in [0.4, 0.5) is 11.4 Å². The Labute approximate surface area is 201 Å². The van der Waals surface area contributed by atoms with Crippen LogP contribution in [0, 0.1) is 0 Å². The molecule has 0 fully saturated rings. The van der Waals surface area contributed by atoms with Gasteiger partial charge in [-0.05, 0) is 48.0 Å². The van der Waals surface area contributed by atoms with Crippen molar-refractivity contribution in [3.05, 3.63) is 90.5 Å². The van der Waals surface area contributed by atoms with Crippen molar-refractivity contribution in [2.75, 3.05) is 23.3 Å². The van der Waals surface area contributed by atoms with Crippen LogP contribution >= 0.6 is 0 Å². The van der Waals surface area contributed by atoms with Crippen LogP contribution in [-0.4, -0.2) is 42.3 Å². The quantitative estimate of drug-likeness (QED) is 0.407. The number of hydrogen-bond acceptors (Lipinski definition) is 7. The lowest BCUT2D eigenvalue weighted by Gasteiger charge is -2.19. The van der Waals surface area contributed by atoms with Gasteiger partial charge in [-0.3, -0.25) is 9.52 Å². The van der Waals surface area contributed by atoms with Gasteiger partial charge in [0.25, 0.3) is 15.9 Å². The molecule has 4 aromatic rings. The number of sulfonamides is 1. The molecule has 1 amide bonds. The second-order valence-electron chi connectivity index (χ2n) is 7.74. The topological polar surface area (TPSA) is 124 Å². The SMILES string of the molecule is O=C(Nc1cccc(Cn2cncn2)c1)c1cccc(NS(=O)(=O)c2ccc3c(c2)OCCO3)c1. The Hall–Kier alpha value is -4.38. The third-order valence-corrected chi connectivity index (χ3v) is 6.58. The first-order valence-electron chi connectivity index (χ1n) is 10.7. The van der Waals surface area contributed by atoms with Crippen LogP contribution in [0.25, 0.3) is 0 Å². The van der Waals surface area contributed by atoms with Crippen molar-refractivity contribution in [3.8, 4) is 11.5 Å². The van der Waals surface area contributed by atoms with Crippen LogP contribution in [0.1, 0.15) is 15.9 Å². The van der Waals surface area contributed by atoms with E-state index in [0.717, 1.165) is 5.56 Å². The van der Waals surface area contributed by atoms with Crippen LogP contribution in [0.2, 0.25) is 0 Å². The first-order valence-corrected chi connectivity index (χ1v) is 12.2. The fourth-order valence-electron chi connectivity index (χ4n) is 3.58. The number of rotatable bonds is 7. The first kappa shape index (κ1) is 22.4. The molecule has 0 atom stereocenters. The maximum atomic E-state index is 12.9. The van der Waals surface area contributed by atoms with Crippen molar-refractivity contribution in [2.24, 2.45) is 0 Å². The summed E-state index contributed by atoms with van der Waals surface area (Å²) in [6, 6.07) is 18.1. The molecule has 0 aliphatic carbocycles. The van der Waals surface area contributed by atoms with Gasteiger partial charge in [0.1, 0.15) is 25.9 Å². The molecule has 1 aliphatic rings. The molecule has 35 heavy (non-hydrogen) atoms. The molecule has 0 saturated carbocycles.